The van der Waals surface area contributed by atoms with E-state index in [1.807, 2.05) is 27.7 Å². The summed E-state index contributed by atoms with van der Waals surface area (Å²) >= 11 is 0. The average Bonchev–Trinajstić information content (AvgIpc) is 2.67. The van der Waals surface area contributed by atoms with E-state index < -0.39 is 10.0 Å². The fourth-order valence-corrected chi connectivity index (χ4v) is 4.01. The number of rotatable bonds is 9. The van der Waals surface area contributed by atoms with Crippen LogP contribution in [0.3, 0.4) is 0 Å². The molecule has 7 heteroatoms. The lowest BCUT2D eigenvalue weighted by molar-refractivity contribution is -0.120. The first-order chi connectivity index (χ1) is 13.3. The molecular weight excluding hydrogens is 376 g/mol. The minimum absolute atomic E-state index is 0.0732. The van der Waals surface area contributed by atoms with Gasteiger partial charge in [-0.1, -0.05) is 44.2 Å². The number of carbonyl (C=O) groups is 1. The Labute approximate surface area is 167 Å². The monoisotopic (exact) mass is 404 g/mol. The van der Waals surface area contributed by atoms with Crippen molar-refractivity contribution < 1.29 is 17.9 Å². The van der Waals surface area contributed by atoms with Crippen LogP contribution in [-0.4, -0.2) is 33.5 Å². The van der Waals surface area contributed by atoms with Crippen LogP contribution in [0.5, 0.6) is 5.75 Å². The van der Waals surface area contributed by atoms with Gasteiger partial charge < -0.3 is 10.1 Å². The number of nitrogens with zero attached hydrogens (tertiary/aromatic N) is 1. The van der Waals surface area contributed by atoms with Crippen LogP contribution >= 0.6 is 0 Å². The summed E-state index contributed by atoms with van der Waals surface area (Å²) < 4.78 is 33.4. The molecule has 1 amide bonds. The molecule has 28 heavy (non-hydrogen) atoms. The van der Waals surface area contributed by atoms with Crippen LogP contribution in [0.4, 0.5) is 5.69 Å². The van der Waals surface area contributed by atoms with Gasteiger partial charge in [-0.2, -0.15) is 0 Å². The number of carbonyl (C=O) groups excluding carboxylic acids is 1. The Hall–Kier alpha value is -2.54. The average molecular weight is 405 g/mol. The third kappa shape index (κ3) is 5.25. The molecule has 0 saturated heterocycles. The number of anilines is 1. The summed E-state index contributed by atoms with van der Waals surface area (Å²) in [6.45, 7) is 7.75. The maximum Gasteiger partial charge on any atom is 0.264 e. The largest absolute Gasteiger partial charge is 0.492 e. The number of amides is 1. The zero-order valence-corrected chi connectivity index (χ0v) is 17.6. The van der Waals surface area contributed by atoms with E-state index in [0.717, 1.165) is 4.31 Å². The minimum Gasteiger partial charge on any atom is -0.492 e. The SMILES string of the molecule is CCOc1ccccc1N(CC(=O)N[C@@H](C)C(C)C)S(=O)(=O)c1ccccc1. The normalized spacial score (nSPS) is 12.5. The van der Waals surface area contributed by atoms with Crippen LogP contribution in [-0.2, 0) is 14.8 Å². The quantitative estimate of drug-likeness (QED) is 0.695. The van der Waals surface area contributed by atoms with Crippen molar-refractivity contribution in [2.24, 2.45) is 5.92 Å². The molecular formula is C21H28N2O4S. The van der Waals surface area contributed by atoms with Crippen molar-refractivity contribution in [3.05, 3.63) is 54.6 Å². The molecule has 0 aliphatic heterocycles. The molecule has 152 valence electrons. The Balaban J connectivity index is 2.46. The maximum absolute atomic E-state index is 13.3. The molecule has 0 aromatic heterocycles. The molecule has 0 spiro atoms. The molecule has 6 nitrogen and oxygen atoms in total. The topological polar surface area (TPSA) is 75.7 Å². The number of hydrogen-bond donors (Lipinski definition) is 1. The molecule has 2 rings (SSSR count). The van der Waals surface area contributed by atoms with Gasteiger partial charge in [0, 0.05) is 6.04 Å². The summed E-state index contributed by atoms with van der Waals surface area (Å²) in [6.07, 6.45) is 0. The summed E-state index contributed by atoms with van der Waals surface area (Å²) in [7, 11) is -3.95. The van der Waals surface area contributed by atoms with Crippen LogP contribution in [0.2, 0.25) is 0 Å². The van der Waals surface area contributed by atoms with E-state index in [2.05, 4.69) is 5.32 Å². The summed E-state index contributed by atoms with van der Waals surface area (Å²) in [4.78, 5) is 12.7. The van der Waals surface area contributed by atoms with Gasteiger partial charge >= 0.3 is 0 Å². The first-order valence-corrected chi connectivity index (χ1v) is 10.8. The molecule has 0 aliphatic rings. The van der Waals surface area contributed by atoms with Gasteiger partial charge in [-0.15, -0.1) is 0 Å². The Bertz CT molecular complexity index is 882. The fourth-order valence-electron chi connectivity index (χ4n) is 2.56. The van der Waals surface area contributed by atoms with Gasteiger partial charge in [0.05, 0.1) is 17.2 Å². The first-order valence-electron chi connectivity index (χ1n) is 9.36. The predicted octanol–water partition coefficient (Wildman–Crippen LogP) is 3.44. The molecule has 0 heterocycles. The van der Waals surface area contributed by atoms with Gasteiger partial charge in [0.25, 0.3) is 10.0 Å². The van der Waals surface area contributed by atoms with Gasteiger partial charge in [0.2, 0.25) is 5.91 Å². The van der Waals surface area contributed by atoms with Gasteiger partial charge in [0.1, 0.15) is 12.3 Å². The second-order valence-electron chi connectivity index (χ2n) is 6.83. The smallest absolute Gasteiger partial charge is 0.264 e. The number of nitrogens with one attached hydrogen (secondary N) is 1. The third-order valence-electron chi connectivity index (χ3n) is 4.44. The number of sulfonamides is 1. The van der Waals surface area contributed by atoms with Crippen LogP contribution < -0.4 is 14.4 Å². The Morgan fingerprint density at radius 2 is 1.64 bits per heavy atom. The third-order valence-corrected chi connectivity index (χ3v) is 6.21. The summed E-state index contributed by atoms with van der Waals surface area (Å²) in [5, 5.41) is 2.87. The Morgan fingerprint density at radius 1 is 1.04 bits per heavy atom. The highest BCUT2D eigenvalue weighted by atomic mass is 32.2. The molecule has 2 aromatic rings. The Kier molecular flexibility index (Phi) is 7.45. The lowest BCUT2D eigenvalue weighted by Crippen LogP contribution is -2.45. The van der Waals surface area contributed by atoms with Crippen molar-refractivity contribution in [1.29, 1.82) is 0 Å². The number of hydrogen-bond acceptors (Lipinski definition) is 4. The zero-order valence-electron chi connectivity index (χ0n) is 16.8. The van der Waals surface area contributed by atoms with Gasteiger partial charge in [-0.05, 0) is 44.0 Å². The second-order valence-corrected chi connectivity index (χ2v) is 8.69. The van der Waals surface area contributed by atoms with Crippen LogP contribution in [0.15, 0.2) is 59.5 Å². The number of para-hydroxylation sites is 2. The van der Waals surface area contributed by atoms with Crippen molar-refractivity contribution >= 4 is 21.6 Å². The molecule has 1 N–H and O–H groups in total. The number of ether oxygens (including phenoxy) is 1. The van der Waals surface area contributed by atoms with E-state index in [1.165, 1.54) is 12.1 Å². The molecule has 0 bridgehead atoms. The van der Waals surface area contributed by atoms with E-state index >= 15 is 0 Å². The highest BCUT2D eigenvalue weighted by molar-refractivity contribution is 7.92. The molecule has 2 aromatic carbocycles. The van der Waals surface area contributed by atoms with Crippen molar-refractivity contribution in [3.63, 3.8) is 0 Å². The van der Waals surface area contributed by atoms with E-state index in [1.54, 1.807) is 42.5 Å². The summed E-state index contributed by atoms with van der Waals surface area (Å²) in [6, 6.07) is 14.8. The van der Waals surface area contributed by atoms with Crippen molar-refractivity contribution in [2.75, 3.05) is 17.5 Å². The maximum atomic E-state index is 13.3. The van der Waals surface area contributed by atoms with E-state index in [9.17, 15) is 13.2 Å². The van der Waals surface area contributed by atoms with Crippen LogP contribution in [0.1, 0.15) is 27.7 Å². The molecule has 0 fully saturated rings. The van der Waals surface area contributed by atoms with Gasteiger partial charge in [-0.25, -0.2) is 8.42 Å². The second kappa shape index (κ2) is 9.59. The van der Waals surface area contributed by atoms with Crippen LogP contribution in [0, 0.1) is 5.92 Å². The fraction of sp³-hybridized carbons (Fsp3) is 0.381. The highest BCUT2D eigenvalue weighted by Gasteiger charge is 2.29. The lowest BCUT2D eigenvalue weighted by atomic mass is 10.1. The summed E-state index contributed by atoms with van der Waals surface area (Å²) in [5.74, 6) is 0.278. The lowest BCUT2D eigenvalue weighted by Gasteiger charge is -2.27. The van der Waals surface area contributed by atoms with Gasteiger partial charge in [-0.3, -0.25) is 9.10 Å². The first kappa shape index (κ1) is 21.8. The van der Waals surface area contributed by atoms with Crippen LogP contribution in [0.25, 0.3) is 0 Å². The van der Waals surface area contributed by atoms with Gasteiger partial charge in [0.15, 0.2) is 0 Å². The predicted molar refractivity (Wildman–Crippen MR) is 111 cm³/mol. The molecule has 0 radical (unpaired) electrons. The minimum atomic E-state index is -3.95. The van der Waals surface area contributed by atoms with E-state index in [4.69, 9.17) is 4.74 Å². The summed E-state index contributed by atoms with van der Waals surface area (Å²) in [5.41, 5.74) is 0.334. The van der Waals surface area contributed by atoms with E-state index in [0.29, 0.717) is 18.0 Å². The van der Waals surface area contributed by atoms with Crippen molar-refractivity contribution in [3.8, 4) is 5.75 Å². The molecule has 0 unspecified atom stereocenters. The highest BCUT2D eigenvalue weighted by Crippen LogP contribution is 2.32. The number of benzene rings is 2. The molecule has 0 aliphatic carbocycles. The standard InChI is InChI=1S/C21H28N2O4S/c1-5-27-20-14-10-9-13-19(20)23(15-21(24)22-17(4)16(2)3)28(25,26)18-11-7-6-8-12-18/h6-14,16-17H,5,15H2,1-4H3,(H,22,24)/t17-/m0/s1. The van der Waals surface area contributed by atoms with E-state index in [-0.39, 0.29) is 29.3 Å². The Morgan fingerprint density at radius 3 is 2.25 bits per heavy atom. The zero-order chi connectivity index (χ0) is 20.7. The molecule has 0 saturated carbocycles. The van der Waals surface area contributed by atoms with Crippen molar-refractivity contribution in [2.45, 2.75) is 38.6 Å². The van der Waals surface area contributed by atoms with Crippen molar-refractivity contribution in [1.82, 2.24) is 5.32 Å². The molecule has 1 atom stereocenters.